The van der Waals surface area contributed by atoms with E-state index in [4.69, 9.17) is 4.74 Å². The van der Waals surface area contributed by atoms with E-state index < -0.39 is 4.92 Å². The lowest BCUT2D eigenvalue weighted by Crippen LogP contribution is -2.24. The van der Waals surface area contributed by atoms with Gasteiger partial charge in [-0.05, 0) is 43.1 Å². The first-order valence-corrected chi connectivity index (χ1v) is 9.12. The molecule has 24 heavy (non-hydrogen) atoms. The van der Waals surface area contributed by atoms with Crippen molar-refractivity contribution in [3.05, 3.63) is 33.9 Å². The van der Waals surface area contributed by atoms with E-state index in [2.05, 4.69) is 19.2 Å². The zero-order valence-corrected chi connectivity index (χ0v) is 15.4. The first-order chi connectivity index (χ1) is 11.5. The smallest absolute Gasteiger partial charge is 0.283 e. The number of nitro benzene ring substituents is 1. The summed E-state index contributed by atoms with van der Waals surface area (Å²) in [5, 5.41) is 14.1. The molecule has 1 rings (SSSR count). The molecule has 0 aliphatic heterocycles. The van der Waals surface area contributed by atoms with Crippen molar-refractivity contribution in [2.45, 2.75) is 38.0 Å². The summed E-state index contributed by atoms with van der Waals surface area (Å²) in [6.07, 6.45) is 2.67. The predicted molar refractivity (Wildman–Crippen MR) is 96.7 cm³/mol. The topological polar surface area (TPSA) is 81.5 Å². The van der Waals surface area contributed by atoms with Crippen molar-refractivity contribution in [3.63, 3.8) is 0 Å². The molecular weight excluding hydrogens is 328 g/mol. The van der Waals surface area contributed by atoms with Crippen molar-refractivity contribution in [1.29, 1.82) is 0 Å². The second-order valence-corrected chi connectivity index (χ2v) is 7.06. The Labute approximate surface area is 147 Å². The minimum atomic E-state index is -0.424. The number of thioether (sulfide) groups is 1. The Morgan fingerprint density at radius 2 is 2.12 bits per heavy atom. The van der Waals surface area contributed by atoms with E-state index in [9.17, 15) is 14.9 Å². The molecule has 0 spiro atoms. The van der Waals surface area contributed by atoms with Gasteiger partial charge in [-0.25, -0.2) is 0 Å². The van der Waals surface area contributed by atoms with Gasteiger partial charge in [0.1, 0.15) is 0 Å². The Balaban J connectivity index is 2.67. The minimum Gasteiger partial charge on any atom is -0.385 e. The Morgan fingerprint density at radius 1 is 1.38 bits per heavy atom. The van der Waals surface area contributed by atoms with Crippen molar-refractivity contribution in [2.75, 3.05) is 26.0 Å². The first-order valence-electron chi connectivity index (χ1n) is 8.14. The number of carbonyl (C=O) groups excluding carboxylic acids is 1. The van der Waals surface area contributed by atoms with Crippen LogP contribution in [-0.4, -0.2) is 36.8 Å². The number of unbranched alkanes of at least 4 members (excludes halogenated alkanes) is 1. The van der Waals surface area contributed by atoms with E-state index in [0.717, 1.165) is 25.0 Å². The van der Waals surface area contributed by atoms with Gasteiger partial charge in [0.05, 0.1) is 9.82 Å². The maximum Gasteiger partial charge on any atom is 0.283 e. The molecule has 1 N–H and O–H groups in total. The van der Waals surface area contributed by atoms with Crippen LogP contribution in [0.4, 0.5) is 5.69 Å². The predicted octanol–water partition coefficient (Wildman–Crippen LogP) is 3.89. The van der Waals surface area contributed by atoms with Gasteiger partial charge in [0.2, 0.25) is 0 Å². The highest BCUT2D eigenvalue weighted by molar-refractivity contribution is 7.99. The number of benzene rings is 1. The van der Waals surface area contributed by atoms with Crippen LogP contribution in [0.2, 0.25) is 0 Å². The number of carbonyl (C=O) groups is 1. The van der Waals surface area contributed by atoms with E-state index >= 15 is 0 Å². The molecule has 0 saturated carbocycles. The third-order valence-electron chi connectivity index (χ3n) is 3.43. The number of nitrogens with one attached hydrogen (secondary N) is 1. The summed E-state index contributed by atoms with van der Waals surface area (Å²) in [6, 6.07) is 4.68. The second-order valence-electron chi connectivity index (χ2n) is 5.93. The quantitative estimate of drug-likeness (QED) is 0.282. The summed E-state index contributed by atoms with van der Waals surface area (Å²) >= 11 is 1.46. The standard InChI is InChI=1S/C17H26N2O4S/c1-13(2)8-11-24-16-7-6-14(12-15(16)19(21)22)17(20)18-9-4-5-10-23-3/h6-7,12-13H,4-5,8-11H2,1-3H3,(H,18,20). The zero-order valence-electron chi connectivity index (χ0n) is 14.5. The van der Waals surface area contributed by atoms with Crippen LogP contribution in [0.1, 0.15) is 43.5 Å². The number of nitro groups is 1. The fourth-order valence-electron chi connectivity index (χ4n) is 2.00. The van der Waals surface area contributed by atoms with Crippen molar-refractivity contribution >= 4 is 23.4 Å². The molecule has 0 radical (unpaired) electrons. The van der Waals surface area contributed by atoms with Gasteiger partial charge < -0.3 is 10.1 Å². The number of amides is 1. The Bertz CT molecular complexity index is 549. The molecule has 0 aliphatic carbocycles. The number of hydrogen-bond donors (Lipinski definition) is 1. The second kappa shape index (κ2) is 11.0. The molecule has 0 aliphatic rings. The van der Waals surface area contributed by atoms with E-state index in [1.54, 1.807) is 19.2 Å². The maximum absolute atomic E-state index is 12.1. The molecule has 0 aromatic heterocycles. The van der Waals surface area contributed by atoms with Crippen molar-refractivity contribution in [2.24, 2.45) is 5.92 Å². The third-order valence-corrected chi connectivity index (χ3v) is 4.53. The van der Waals surface area contributed by atoms with E-state index in [0.29, 0.717) is 29.5 Å². The summed E-state index contributed by atoms with van der Waals surface area (Å²) in [6.45, 7) is 5.43. The van der Waals surface area contributed by atoms with Crippen molar-refractivity contribution in [1.82, 2.24) is 5.32 Å². The van der Waals surface area contributed by atoms with Gasteiger partial charge in [-0.1, -0.05) is 13.8 Å². The molecule has 0 atom stereocenters. The summed E-state index contributed by atoms with van der Waals surface area (Å²) in [4.78, 5) is 23.6. The van der Waals surface area contributed by atoms with Crippen LogP contribution in [0.3, 0.4) is 0 Å². The Morgan fingerprint density at radius 3 is 2.75 bits per heavy atom. The summed E-state index contributed by atoms with van der Waals surface area (Å²) < 4.78 is 4.95. The molecule has 7 heteroatoms. The highest BCUT2D eigenvalue weighted by Crippen LogP contribution is 2.31. The van der Waals surface area contributed by atoms with Gasteiger partial charge in [-0.15, -0.1) is 11.8 Å². The highest BCUT2D eigenvalue weighted by Gasteiger charge is 2.17. The molecule has 0 heterocycles. The number of nitrogens with zero attached hydrogens (tertiary/aromatic N) is 1. The Kier molecular flexibility index (Phi) is 9.41. The van der Waals surface area contributed by atoms with E-state index in [1.807, 2.05) is 0 Å². The average Bonchev–Trinajstić information content (AvgIpc) is 2.54. The van der Waals surface area contributed by atoms with Crippen LogP contribution in [-0.2, 0) is 4.74 Å². The molecule has 6 nitrogen and oxygen atoms in total. The lowest BCUT2D eigenvalue weighted by atomic mass is 10.2. The first kappa shape index (κ1) is 20.4. The van der Waals surface area contributed by atoms with Gasteiger partial charge >= 0.3 is 0 Å². The molecule has 0 unspecified atom stereocenters. The molecular formula is C17H26N2O4S. The van der Waals surface area contributed by atoms with Gasteiger partial charge in [0.25, 0.3) is 11.6 Å². The SMILES string of the molecule is COCCCCNC(=O)c1ccc(SCCC(C)C)c([N+](=O)[O-])c1. The van der Waals surface area contributed by atoms with Crippen LogP contribution >= 0.6 is 11.8 Å². The lowest BCUT2D eigenvalue weighted by Gasteiger charge is -2.08. The summed E-state index contributed by atoms with van der Waals surface area (Å²) in [7, 11) is 1.64. The molecule has 1 aromatic carbocycles. The molecule has 134 valence electrons. The average molecular weight is 354 g/mol. The molecule has 0 saturated heterocycles. The fraction of sp³-hybridized carbons (Fsp3) is 0.588. The van der Waals surface area contributed by atoms with Gasteiger partial charge in [0, 0.05) is 31.9 Å². The molecule has 1 amide bonds. The maximum atomic E-state index is 12.1. The van der Waals surface area contributed by atoms with Crippen LogP contribution in [0.15, 0.2) is 23.1 Å². The van der Waals surface area contributed by atoms with Gasteiger partial charge in [-0.2, -0.15) is 0 Å². The van der Waals surface area contributed by atoms with Crippen LogP contribution in [0, 0.1) is 16.0 Å². The minimum absolute atomic E-state index is 0.00390. The largest absolute Gasteiger partial charge is 0.385 e. The Hall–Kier alpha value is -1.60. The summed E-state index contributed by atoms with van der Waals surface area (Å²) in [5.74, 6) is 1.10. The number of rotatable bonds is 11. The van der Waals surface area contributed by atoms with E-state index in [1.165, 1.54) is 17.8 Å². The zero-order chi connectivity index (χ0) is 17.9. The summed E-state index contributed by atoms with van der Waals surface area (Å²) in [5.41, 5.74) is 0.317. The highest BCUT2D eigenvalue weighted by atomic mass is 32.2. The number of methoxy groups -OCH3 is 1. The van der Waals surface area contributed by atoms with Crippen LogP contribution in [0.5, 0.6) is 0 Å². The van der Waals surface area contributed by atoms with Gasteiger partial charge in [0.15, 0.2) is 0 Å². The monoisotopic (exact) mass is 354 g/mol. The lowest BCUT2D eigenvalue weighted by molar-refractivity contribution is -0.387. The van der Waals surface area contributed by atoms with Crippen LogP contribution in [0.25, 0.3) is 0 Å². The van der Waals surface area contributed by atoms with Crippen molar-refractivity contribution in [3.8, 4) is 0 Å². The fourth-order valence-corrected chi connectivity index (χ4v) is 3.26. The number of ether oxygens (including phenoxy) is 1. The van der Waals surface area contributed by atoms with E-state index in [-0.39, 0.29) is 11.6 Å². The van der Waals surface area contributed by atoms with Crippen LogP contribution < -0.4 is 5.32 Å². The molecule has 1 aromatic rings. The molecule has 0 fully saturated rings. The van der Waals surface area contributed by atoms with Gasteiger partial charge in [-0.3, -0.25) is 14.9 Å². The third kappa shape index (κ3) is 7.31. The molecule has 0 bridgehead atoms. The number of hydrogen-bond acceptors (Lipinski definition) is 5. The normalized spacial score (nSPS) is 10.8. The van der Waals surface area contributed by atoms with Crippen molar-refractivity contribution < 1.29 is 14.5 Å².